The topological polar surface area (TPSA) is 17.1 Å². The Morgan fingerprint density at radius 3 is 2.30 bits per heavy atom. The van der Waals surface area contributed by atoms with E-state index in [1.807, 2.05) is 57.5 Å². The van der Waals surface area contributed by atoms with Crippen LogP contribution in [0.15, 0.2) is 53.5 Å². The van der Waals surface area contributed by atoms with Gasteiger partial charge in [0.05, 0.1) is 21.1 Å². The van der Waals surface area contributed by atoms with Crippen LogP contribution >= 0.6 is 15.9 Å². The lowest BCUT2D eigenvalue weighted by molar-refractivity contribution is -0.879. The average molecular weight is 333 g/mol. The number of hydrogen-bond acceptors (Lipinski definition) is 1. The van der Waals surface area contributed by atoms with Crippen molar-refractivity contribution in [1.82, 2.24) is 0 Å². The highest BCUT2D eigenvalue weighted by Crippen LogP contribution is 2.28. The summed E-state index contributed by atoms with van der Waals surface area (Å²) in [6, 6.07) is 11.5. The molecule has 0 saturated carbocycles. The predicted molar refractivity (Wildman–Crippen MR) is 88.0 cm³/mol. The first-order valence-electron chi connectivity index (χ1n) is 6.51. The van der Waals surface area contributed by atoms with E-state index in [4.69, 9.17) is 0 Å². The van der Waals surface area contributed by atoms with Crippen molar-refractivity contribution in [2.24, 2.45) is 0 Å². The molecule has 0 aliphatic heterocycles. The number of halogens is 1. The summed E-state index contributed by atoms with van der Waals surface area (Å²) < 4.78 is 1.54. The van der Waals surface area contributed by atoms with Gasteiger partial charge >= 0.3 is 0 Å². The van der Waals surface area contributed by atoms with Crippen molar-refractivity contribution >= 4 is 32.5 Å². The van der Waals surface area contributed by atoms with E-state index in [1.54, 1.807) is 6.08 Å². The van der Waals surface area contributed by atoms with E-state index < -0.39 is 0 Å². The van der Waals surface area contributed by atoms with Crippen molar-refractivity contribution in [3.8, 4) is 0 Å². The fraction of sp³-hybridized carbons (Fsp3) is 0.235. The normalized spacial score (nSPS) is 13.2. The molecule has 0 aliphatic rings. The van der Waals surface area contributed by atoms with Gasteiger partial charge in [0.1, 0.15) is 0 Å². The lowest BCUT2D eigenvalue weighted by Gasteiger charge is -2.31. The Labute approximate surface area is 128 Å². The molecular formula is C17H19BrNO+. The molecule has 0 aromatic heterocycles. The molecule has 0 heterocycles. The summed E-state index contributed by atoms with van der Waals surface area (Å²) in [4.78, 5) is 12.8. The average Bonchev–Trinajstić information content (AvgIpc) is 2.38. The molecule has 3 heteroatoms. The van der Waals surface area contributed by atoms with Crippen molar-refractivity contribution in [1.29, 1.82) is 0 Å². The number of fused-ring (bicyclic) bond motifs is 1. The monoisotopic (exact) mass is 332 g/mol. The van der Waals surface area contributed by atoms with Gasteiger partial charge in [0, 0.05) is 10.0 Å². The van der Waals surface area contributed by atoms with Gasteiger partial charge in [0.2, 0.25) is 5.78 Å². The van der Waals surface area contributed by atoms with Gasteiger partial charge in [0.15, 0.2) is 6.04 Å². The zero-order valence-electron chi connectivity index (χ0n) is 12.1. The number of Topliss-reactive ketones (excluding diaryl/α,β-unsaturated/α-hetero) is 1. The van der Waals surface area contributed by atoms with Crippen LogP contribution in [0.4, 0.5) is 0 Å². The van der Waals surface area contributed by atoms with Gasteiger partial charge in [-0.3, -0.25) is 4.79 Å². The predicted octanol–water partition coefficient (Wildman–Crippen LogP) is 4.05. The second-order valence-electron chi connectivity index (χ2n) is 5.80. The van der Waals surface area contributed by atoms with Crippen molar-refractivity contribution < 1.29 is 9.28 Å². The Balaban J connectivity index is 2.61. The molecule has 0 N–H and O–H groups in total. The van der Waals surface area contributed by atoms with Gasteiger partial charge in [0.25, 0.3) is 0 Å². The molecule has 0 bridgehead atoms. The lowest BCUT2D eigenvalue weighted by atomic mass is 9.96. The van der Waals surface area contributed by atoms with E-state index in [0.717, 1.165) is 20.8 Å². The second kappa shape index (κ2) is 5.51. The number of quaternary nitrogens is 1. The van der Waals surface area contributed by atoms with Crippen LogP contribution in [0.3, 0.4) is 0 Å². The molecule has 1 atom stereocenters. The summed E-state index contributed by atoms with van der Waals surface area (Å²) in [5.41, 5.74) is 0.752. The summed E-state index contributed by atoms with van der Waals surface area (Å²) in [5.74, 6) is 0.108. The van der Waals surface area contributed by atoms with Crippen LogP contribution in [0.25, 0.3) is 10.8 Å². The highest BCUT2D eigenvalue weighted by atomic mass is 79.9. The van der Waals surface area contributed by atoms with Crippen LogP contribution in [-0.2, 0) is 0 Å². The highest BCUT2D eigenvalue weighted by molar-refractivity contribution is 9.10. The highest BCUT2D eigenvalue weighted by Gasteiger charge is 2.30. The molecule has 0 spiro atoms. The van der Waals surface area contributed by atoms with Crippen LogP contribution in [0, 0.1) is 0 Å². The third-order valence-corrected chi connectivity index (χ3v) is 4.15. The maximum atomic E-state index is 12.8. The van der Waals surface area contributed by atoms with Gasteiger partial charge < -0.3 is 4.48 Å². The second-order valence-corrected chi connectivity index (χ2v) is 6.66. The van der Waals surface area contributed by atoms with Crippen LogP contribution < -0.4 is 0 Å². The van der Waals surface area contributed by atoms with E-state index in [0.29, 0.717) is 4.48 Å². The molecule has 2 nitrogen and oxygen atoms in total. The number of carbonyl (C=O) groups excluding carboxylic acids is 1. The van der Waals surface area contributed by atoms with Gasteiger partial charge in [-0.1, -0.05) is 46.8 Å². The minimum atomic E-state index is -0.250. The Bertz CT molecular complexity index is 670. The first-order chi connectivity index (χ1) is 9.36. The SMILES string of the molecule is C=CC(C(=O)c1ccc(Br)c2ccccc12)[N+](C)(C)C. The van der Waals surface area contributed by atoms with Crippen molar-refractivity contribution in [3.05, 3.63) is 59.1 Å². The molecule has 1 unspecified atom stereocenters. The first kappa shape index (κ1) is 14.9. The number of ketones is 1. The van der Waals surface area contributed by atoms with Gasteiger partial charge in [-0.25, -0.2) is 0 Å². The lowest BCUT2D eigenvalue weighted by Crippen LogP contribution is -2.48. The minimum Gasteiger partial charge on any atom is -0.319 e. The summed E-state index contributed by atoms with van der Waals surface area (Å²) in [5, 5.41) is 2.04. The fourth-order valence-electron chi connectivity index (χ4n) is 2.41. The number of carbonyl (C=O) groups is 1. The van der Waals surface area contributed by atoms with Gasteiger partial charge in [-0.15, -0.1) is 0 Å². The molecule has 2 aromatic rings. The number of benzene rings is 2. The minimum absolute atomic E-state index is 0.108. The standard InChI is InChI=1S/C17H19BrNO/c1-5-16(19(2,3)4)17(20)14-10-11-15(18)13-9-7-6-8-12(13)14/h5-11,16H,1H2,2-4H3/q+1. The largest absolute Gasteiger partial charge is 0.319 e. The van der Waals surface area contributed by atoms with Gasteiger partial charge in [-0.2, -0.15) is 0 Å². The quantitative estimate of drug-likeness (QED) is 0.469. The van der Waals surface area contributed by atoms with Gasteiger partial charge in [-0.05, 0) is 29.0 Å². The molecule has 104 valence electrons. The summed E-state index contributed by atoms with van der Waals surface area (Å²) >= 11 is 3.54. The van der Waals surface area contributed by atoms with Crippen LogP contribution in [0.1, 0.15) is 10.4 Å². The van der Waals surface area contributed by atoms with Crippen LogP contribution in [0.5, 0.6) is 0 Å². The van der Waals surface area contributed by atoms with Crippen molar-refractivity contribution in [2.75, 3.05) is 21.1 Å². The summed E-state index contributed by atoms with van der Waals surface area (Å²) in [6.07, 6.45) is 1.74. The molecular weight excluding hydrogens is 314 g/mol. The molecule has 0 radical (unpaired) electrons. The summed E-state index contributed by atoms with van der Waals surface area (Å²) in [7, 11) is 6.02. The third-order valence-electron chi connectivity index (χ3n) is 3.46. The number of likely N-dealkylation sites (N-methyl/N-ethyl adjacent to an activating group) is 1. The molecule has 2 rings (SSSR count). The van der Waals surface area contributed by atoms with E-state index in [1.165, 1.54) is 0 Å². The van der Waals surface area contributed by atoms with E-state index in [-0.39, 0.29) is 11.8 Å². The number of rotatable bonds is 4. The molecule has 0 saturated heterocycles. The smallest absolute Gasteiger partial charge is 0.224 e. The molecule has 0 amide bonds. The number of nitrogens with zero attached hydrogens (tertiary/aromatic N) is 1. The first-order valence-corrected chi connectivity index (χ1v) is 7.30. The third kappa shape index (κ3) is 2.69. The van der Waals surface area contributed by atoms with Crippen LogP contribution in [-0.4, -0.2) is 37.5 Å². The van der Waals surface area contributed by atoms with Crippen molar-refractivity contribution in [2.45, 2.75) is 6.04 Å². The molecule has 0 aliphatic carbocycles. The van der Waals surface area contributed by atoms with E-state index >= 15 is 0 Å². The fourth-order valence-corrected chi connectivity index (χ4v) is 2.89. The zero-order valence-corrected chi connectivity index (χ0v) is 13.6. The Morgan fingerprint density at radius 2 is 1.75 bits per heavy atom. The Morgan fingerprint density at radius 1 is 1.15 bits per heavy atom. The Hall–Kier alpha value is -1.45. The molecule has 20 heavy (non-hydrogen) atoms. The maximum Gasteiger partial charge on any atom is 0.224 e. The van der Waals surface area contributed by atoms with E-state index in [2.05, 4.69) is 22.5 Å². The van der Waals surface area contributed by atoms with Crippen LogP contribution in [0.2, 0.25) is 0 Å². The Kier molecular flexibility index (Phi) is 4.11. The van der Waals surface area contributed by atoms with E-state index in [9.17, 15) is 4.79 Å². The summed E-state index contributed by atoms with van der Waals surface area (Å²) in [6.45, 7) is 3.83. The zero-order chi connectivity index (χ0) is 14.9. The maximum absolute atomic E-state index is 12.8. The number of hydrogen-bond donors (Lipinski definition) is 0. The molecule has 2 aromatic carbocycles. The molecule has 0 fully saturated rings. The van der Waals surface area contributed by atoms with Crippen molar-refractivity contribution in [3.63, 3.8) is 0 Å².